The largest absolute Gasteiger partial charge is 0.484 e. The van der Waals surface area contributed by atoms with Crippen LogP contribution >= 0.6 is 0 Å². The first-order valence-electron chi connectivity index (χ1n) is 8.63. The summed E-state index contributed by atoms with van der Waals surface area (Å²) in [5, 5.41) is 2.83. The number of ether oxygens (including phenoxy) is 3. The number of hydrogen-bond donors (Lipinski definition) is 1. The molecule has 1 fully saturated rings. The van der Waals surface area contributed by atoms with Crippen molar-refractivity contribution in [3.63, 3.8) is 0 Å². The van der Waals surface area contributed by atoms with Crippen molar-refractivity contribution in [3.05, 3.63) is 48.0 Å². The lowest BCUT2D eigenvalue weighted by molar-refractivity contribution is -0.118. The van der Waals surface area contributed by atoms with Gasteiger partial charge in [-0.1, -0.05) is 17.7 Å². The van der Waals surface area contributed by atoms with E-state index in [-0.39, 0.29) is 12.5 Å². The molecule has 0 bridgehead atoms. The van der Waals surface area contributed by atoms with E-state index in [1.807, 2.05) is 49.4 Å². The molecule has 5 heteroatoms. The number of hydrogen-bond acceptors (Lipinski definition) is 4. The van der Waals surface area contributed by atoms with Crippen LogP contribution in [0, 0.1) is 6.92 Å². The van der Waals surface area contributed by atoms with Crippen LogP contribution in [0.3, 0.4) is 0 Å². The van der Waals surface area contributed by atoms with E-state index in [1.165, 1.54) is 0 Å². The minimum Gasteiger partial charge on any atom is -0.484 e. The van der Waals surface area contributed by atoms with Crippen molar-refractivity contribution in [2.24, 2.45) is 0 Å². The second-order valence-corrected chi connectivity index (χ2v) is 6.63. The van der Waals surface area contributed by atoms with Gasteiger partial charge in [0.1, 0.15) is 5.75 Å². The lowest BCUT2D eigenvalue weighted by Crippen LogP contribution is -2.34. The number of benzene rings is 2. The second kappa shape index (κ2) is 6.31. The molecule has 0 atom stereocenters. The Morgan fingerprint density at radius 3 is 2.56 bits per heavy atom. The highest BCUT2D eigenvalue weighted by atomic mass is 16.7. The highest BCUT2D eigenvalue weighted by Crippen LogP contribution is 2.47. The van der Waals surface area contributed by atoms with Crippen LogP contribution in [0.25, 0.3) is 0 Å². The SMILES string of the molecule is Cc1ccc(OCC(=O)Nc2ccc3c(c2)OC2(CCCC2)O3)cc1. The van der Waals surface area contributed by atoms with Crippen LogP contribution in [0.4, 0.5) is 5.69 Å². The molecule has 1 saturated carbocycles. The predicted octanol–water partition coefficient (Wildman–Crippen LogP) is 4.05. The standard InChI is InChI=1S/C20H21NO4/c1-14-4-7-16(8-5-14)23-13-19(22)21-15-6-9-17-18(12-15)25-20(24-17)10-2-3-11-20/h4-9,12H,2-3,10-11,13H2,1H3,(H,21,22). The Bertz CT molecular complexity index is 779. The van der Waals surface area contributed by atoms with Gasteiger partial charge in [-0.2, -0.15) is 0 Å². The van der Waals surface area contributed by atoms with E-state index in [4.69, 9.17) is 14.2 Å². The van der Waals surface area contributed by atoms with E-state index in [0.29, 0.717) is 17.2 Å². The Kier molecular flexibility index (Phi) is 3.99. The first-order chi connectivity index (χ1) is 12.1. The van der Waals surface area contributed by atoms with Crippen molar-refractivity contribution in [3.8, 4) is 17.2 Å². The summed E-state index contributed by atoms with van der Waals surface area (Å²) in [7, 11) is 0. The number of fused-ring (bicyclic) bond motifs is 1. The fraction of sp³-hybridized carbons (Fsp3) is 0.350. The van der Waals surface area contributed by atoms with Gasteiger partial charge in [-0.05, 0) is 44.0 Å². The van der Waals surface area contributed by atoms with Crippen LogP contribution in [0.15, 0.2) is 42.5 Å². The minimum absolute atomic E-state index is 0.0402. The van der Waals surface area contributed by atoms with Crippen molar-refractivity contribution in [2.75, 3.05) is 11.9 Å². The third kappa shape index (κ3) is 3.40. The molecule has 0 radical (unpaired) electrons. The zero-order chi connectivity index (χ0) is 17.3. The highest BCUT2D eigenvalue weighted by Gasteiger charge is 2.44. The molecule has 2 aromatic carbocycles. The van der Waals surface area contributed by atoms with Gasteiger partial charge in [-0.15, -0.1) is 0 Å². The average Bonchev–Trinajstić information content (AvgIpc) is 3.20. The zero-order valence-corrected chi connectivity index (χ0v) is 14.2. The van der Waals surface area contributed by atoms with E-state index in [9.17, 15) is 4.79 Å². The maximum absolute atomic E-state index is 12.1. The summed E-state index contributed by atoms with van der Waals surface area (Å²) in [6.07, 6.45) is 4.06. The predicted molar refractivity (Wildman–Crippen MR) is 94.2 cm³/mol. The summed E-state index contributed by atoms with van der Waals surface area (Å²) in [5.74, 6) is 1.42. The van der Waals surface area contributed by atoms with Crippen molar-refractivity contribution in [2.45, 2.75) is 38.4 Å². The van der Waals surface area contributed by atoms with Gasteiger partial charge < -0.3 is 19.5 Å². The van der Waals surface area contributed by atoms with Crippen molar-refractivity contribution >= 4 is 11.6 Å². The molecule has 0 aromatic heterocycles. The molecule has 2 aliphatic rings. The topological polar surface area (TPSA) is 56.8 Å². The van der Waals surface area contributed by atoms with Gasteiger partial charge in [0.25, 0.3) is 11.7 Å². The Hall–Kier alpha value is -2.69. The number of carbonyl (C=O) groups is 1. The van der Waals surface area contributed by atoms with Crippen LogP contribution in [0.5, 0.6) is 17.2 Å². The molecule has 2 aromatic rings. The van der Waals surface area contributed by atoms with Crippen molar-refractivity contribution in [1.82, 2.24) is 0 Å². The Balaban J connectivity index is 1.35. The molecule has 1 aliphatic carbocycles. The fourth-order valence-electron chi connectivity index (χ4n) is 3.27. The smallest absolute Gasteiger partial charge is 0.262 e. The van der Waals surface area contributed by atoms with Crippen LogP contribution in [0.1, 0.15) is 31.2 Å². The normalized spacial score (nSPS) is 16.8. The van der Waals surface area contributed by atoms with Crippen LogP contribution in [-0.2, 0) is 4.79 Å². The zero-order valence-electron chi connectivity index (χ0n) is 14.2. The number of nitrogens with one attached hydrogen (secondary N) is 1. The molecule has 1 spiro atoms. The Morgan fingerprint density at radius 2 is 1.80 bits per heavy atom. The second-order valence-electron chi connectivity index (χ2n) is 6.63. The number of rotatable bonds is 4. The van der Waals surface area contributed by atoms with Crippen LogP contribution in [0.2, 0.25) is 0 Å². The highest BCUT2D eigenvalue weighted by molar-refractivity contribution is 5.92. The molecule has 4 rings (SSSR count). The van der Waals surface area contributed by atoms with Gasteiger partial charge in [0, 0.05) is 24.6 Å². The fourth-order valence-corrected chi connectivity index (χ4v) is 3.27. The molecular formula is C20H21NO4. The van der Waals surface area contributed by atoms with Crippen molar-refractivity contribution < 1.29 is 19.0 Å². The Morgan fingerprint density at radius 1 is 1.08 bits per heavy atom. The van der Waals surface area contributed by atoms with Gasteiger partial charge in [0.15, 0.2) is 18.1 Å². The van der Waals surface area contributed by atoms with E-state index < -0.39 is 5.79 Å². The van der Waals surface area contributed by atoms with E-state index in [2.05, 4.69) is 5.32 Å². The maximum atomic E-state index is 12.1. The van der Waals surface area contributed by atoms with Crippen LogP contribution in [-0.4, -0.2) is 18.3 Å². The summed E-state index contributed by atoms with van der Waals surface area (Å²) in [4.78, 5) is 12.1. The third-order valence-electron chi connectivity index (χ3n) is 4.58. The molecule has 1 aliphatic heterocycles. The van der Waals surface area contributed by atoms with E-state index in [1.54, 1.807) is 0 Å². The summed E-state index contributed by atoms with van der Waals surface area (Å²) < 4.78 is 17.5. The summed E-state index contributed by atoms with van der Waals surface area (Å²) in [6.45, 7) is 1.97. The molecule has 5 nitrogen and oxygen atoms in total. The number of anilines is 1. The average molecular weight is 339 g/mol. The van der Waals surface area contributed by atoms with Gasteiger partial charge in [-0.25, -0.2) is 0 Å². The first kappa shape index (κ1) is 15.8. The molecule has 25 heavy (non-hydrogen) atoms. The van der Waals surface area contributed by atoms with Gasteiger partial charge in [0.2, 0.25) is 0 Å². The molecule has 1 heterocycles. The number of carbonyl (C=O) groups excluding carboxylic acids is 1. The lowest BCUT2D eigenvalue weighted by Gasteiger charge is -2.21. The molecule has 0 unspecified atom stereocenters. The first-order valence-corrected chi connectivity index (χ1v) is 8.63. The summed E-state index contributed by atoms with van der Waals surface area (Å²) in [5.41, 5.74) is 1.83. The summed E-state index contributed by atoms with van der Waals surface area (Å²) in [6, 6.07) is 13.1. The Labute approximate surface area is 146 Å². The van der Waals surface area contributed by atoms with Crippen LogP contribution < -0.4 is 19.5 Å². The van der Waals surface area contributed by atoms with Gasteiger partial charge in [0.05, 0.1) is 0 Å². The molecular weight excluding hydrogens is 318 g/mol. The molecule has 1 amide bonds. The molecule has 0 saturated heterocycles. The quantitative estimate of drug-likeness (QED) is 0.913. The van der Waals surface area contributed by atoms with E-state index >= 15 is 0 Å². The molecule has 130 valence electrons. The summed E-state index contributed by atoms with van der Waals surface area (Å²) >= 11 is 0. The van der Waals surface area contributed by atoms with Crippen molar-refractivity contribution in [1.29, 1.82) is 0 Å². The third-order valence-corrected chi connectivity index (χ3v) is 4.58. The monoisotopic (exact) mass is 339 g/mol. The maximum Gasteiger partial charge on any atom is 0.262 e. The minimum atomic E-state index is -0.487. The van der Waals surface area contributed by atoms with Gasteiger partial charge >= 0.3 is 0 Å². The van der Waals surface area contributed by atoms with Gasteiger partial charge in [-0.3, -0.25) is 4.79 Å². The molecule has 1 N–H and O–H groups in total. The van der Waals surface area contributed by atoms with E-state index in [0.717, 1.165) is 37.0 Å². The number of amides is 1. The number of aryl methyl sites for hydroxylation is 1. The lowest BCUT2D eigenvalue weighted by atomic mass is 10.2.